The number of carbonyl (C=O) groups is 1. The molecular weight excluding hydrogens is 691 g/mol. The van der Waals surface area contributed by atoms with Crippen molar-refractivity contribution in [1.82, 2.24) is 9.66 Å². The Morgan fingerprint density at radius 3 is 2.21 bits per heavy atom. The highest BCUT2D eigenvalue weighted by atomic mass is 35.5. The molecule has 6 rings (SSSR count). The normalized spacial score (nSPS) is 14.1. The standard InChI is InChI=1S/C31H19Cl3N6O6S/c1-17-35-26-12-11-21(47(45,46)37-28-24(33)14-20(40(43)44)15-25(28)34)16-22(26)30(41)38(17)39-29(18-7-3-2-4-8-18)36-27(31(39)42)13-19-9-5-6-10-23(19)32/h2-16,37H,1H3. The van der Waals surface area contributed by atoms with Gasteiger partial charge in [-0.05, 0) is 42.8 Å². The highest BCUT2D eigenvalue weighted by Gasteiger charge is 2.35. The van der Waals surface area contributed by atoms with E-state index >= 15 is 0 Å². The third-order valence-electron chi connectivity index (χ3n) is 7.03. The number of non-ortho nitro benzene ring substituents is 1. The minimum Gasteiger partial charge on any atom is -0.277 e. The number of fused-ring (bicyclic) bond motifs is 1. The number of benzene rings is 4. The van der Waals surface area contributed by atoms with Crippen LogP contribution in [0.25, 0.3) is 17.0 Å². The lowest BCUT2D eigenvalue weighted by atomic mass is 10.2. The van der Waals surface area contributed by atoms with Crippen LogP contribution in [0, 0.1) is 17.0 Å². The van der Waals surface area contributed by atoms with Crippen LogP contribution in [0.1, 0.15) is 17.0 Å². The second-order valence-corrected chi connectivity index (χ2v) is 13.0. The minimum absolute atomic E-state index is 0.000679. The van der Waals surface area contributed by atoms with Crippen LogP contribution in [0.5, 0.6) is 0 Å². The van der Waals surface area contributed by atoms with Crippen molar-refractivity contribution in [2.45, 2.75) is 11.8 Å². The Balaban J connectivity index is 1.47. The molecule has 1 amide bonds. The fraction of sp³-hybridized carbons (Fsp3) is 0.0323. The van der Waals surface area contributed by atoms with Crippen molar-refractivity contribution >= 4 is 84.9 Å². The van der Waals surface area contributed by atoms with Crippen LogP contribution in [-0.4, -0.2) is 34.7 Å². The number of anilines is 1. The van der Waals surface area contributed by atoms with E-state index in [1.807, 2.05) is 0 Å². The van der Waals surface area contributed by atoms with Gasteiger partial charge in [0.15, 0.2) is 5.84 Å². The molecule has 1 aliphatic rings. The Kier molecular flexibility index (Phi) is 8.32. The first-order chi connectivity index (χ1) is 22.4. The summed E-state index contributed by atoms with van der Waals surface area (Å²) in [6.07, 6.45) is 1.51. The molecule has 1 aliphatic heterocycles. The lowest BCUT2D eigenvalue weighted by Gasteiger charge is -2.22. The van der Waals surface area contributed by atoms with Gasteiger partial charge in [0, 0.05) is 22.7 Å². The molecule has 4 aromatic carbocycles. The molecule has 1 N–H and O–H groups in total. The molecular formula is C31H19Cl3N6O6S. The van der Waals surface area contributed by atoms with E-state index in [2.05, 4.69) is 14.7 Å². The lowest BCUT2D eigenvalue weighted by molar-refractivity contribution is -0.384. The highest BCUT2D eigenvalue weighted by molar-refractivity contribution is 7.92. The topological polar surface area (TPSA) is 157 Å². The number of aliphatic imine (C=N–C) groups is 1. The Labute approximate surface area is 281 Å². The molecule has 0 atom stereocenters. The summed E-state index contributed by atoms with van der Waals surface area (Å²) in [5, 5.41) is 11.8. The number of halogens is 3. The number of aryl methyl sites for hydroxylation is 1. The van der Waals surface area contributed by atoms with Crippen molar-refractivity contribution < 1.29 is 18.1 Å². The van der Waals surface area contributed by atoms with Gasteiger partial charge in [-0.25, -0.2) is 18.4 Å². The predicted octanol–water partition coefficient (Wildman–Crippen LogP) is 6.34. The fourth-order valence-electron chi connectivity index (χ4n) is 4.83. The Morgan fingerprint density at radius 2 is 1.55 bits per heavy atom. The first-order valence-electron chi connectivity index (χ1n) is 13.5. The second kappa shape index (κ2) is 12.3. The largest absolute Gasteiger partial charge is 0.297 e. The first-order valence-corrected chi connectivity index (χ1v) is 16.1. The number of nitro benzene ring substituents is 1. The predicted molar refractivity (Wildman–Crippen MR) is 180 cm³/mol. The summed E-state index contributed by atoms with van der Waals surface area (Å²) in [6.45, 7) is 1.53. The van der Waals surface area contributed by atoms with Gasteiger partial charge in [-0.15, -0.1) is 0 Å². The van der Waals surface area contributed by atoms with Gasteiger partial charge in [0.1, 0.15) is 11.5 Å². The molecule has 0 saturated heterocycles. The fourth-order valence-corrected chi connectivity index (χ4v) is 6.83. The molecule has 0 aliphatic carbocycles. The Bertz CT molecular complexity index is 2360. The number of rotatable bonds is 7. The molecule has 0 radical (unpaired) electrons. The van der Waals surface area contributed by atoms with E-state index in [4.69, 9.17) is 34.8 Å². The Hall–Kier alpha value is -5.08. The van der Waals surface area contributed by atoms with Crippen LogP contribution in [0.15, 0.2) is 105 Å². The van der Waals surface area contributed by atoms with Crippen molar-refractivity contribution in [3.63, 3.8) is 0 Å². The van der Waals surface area contributed by atoms with Gasteiger partial charge in [-0.2, -0.15) is 9.69 Å². The smallest absolute Gasteiger partial charge is 0.277 e. The second-order valence-electron chi connectivity index (χ2n) is 10.1. The SMILES string of the molecule is Cc1nc2ccc(S(=O)(=O)Nc3c(Cl)cc([N+](=O)[O-])cc3Cl)cc2c(=O)n1N1C(=O)C(=Cc2ccccc2Cl)N=C1c1ccccc1. The van der Waals surface area contributed by atoms with Crippen LogP contribution in [0.2, 0.25) is 15.1 Å². The highest BCUT2D eigenvalue weighted by Crippen LogP contribution is 2.36. The van der Waals surface area contributed by atoms with Gasteiger partial charge < -0.3 is 0 Å². The molecule has 16 heteroatoms. The molecule has 0 fully saturated rings. The van der Waals surface area contributed by atoms with E-state index in [0.717, 1.165) is 27.9 Å². The molecule has 47 heavy (non-hydrogen) atoms. The van der Waals surface area contributed by atoms with Gasteiger partial charge in [0.2, 0.25) is 0 Å². The summed E-state index contributed by atoms with van der Waals surface area (Å²) in [7, 11) is -4.44. The number of amides is 1. The van der Waals surface area contributed by atoms with E-state index in [-0.39, 0.29) is 48.9 Å². The number of sulfonamides is 1. The van der Waals surface area contributed by atoms with Crippen molar-refractivity contribution in [2.75, 3.05) is 9.73 Å². The molecule has 2 heterocycles. The number of nitro groups is 1. The van der Waals surface area contributed by atoms with E-state index in [1.54, 1.807) is 54.6 Å². The number of nitrogens with one attached hydrogen (secondary N) is 1. The zero-order valence-electron chi connectivity index (χ0n) is 23.9. The number of hydrogen-bond donors (Lipinski definition) is 1. The van der Waals surface area contributed by atoms with Crippen LogP contribution < -0.4 is 15.3 Å². The van der Waals surface area contributed by atoms with Crippen LogP contribution >= 0.6 is 34.8 Å². The molecule has 12 nitrogen and oxygen atoms in total. The number of amidine groups is 1. The third-order valence-corrected chi connectivity index (χ3v) is 9.32. The first kappa shape index (κ1) is 31.9. The number of hydrogen-bond acceptors (Lipinski definition) is 8. The molecule has 0 unspecified atom stereocenters. The van der Waals surface area contributed by atoms with Crippen molar-refractivity contribution in [2.24, 2.45) is 4.99 Å². The molecule has 236 valence electrons. The maximum absolute atomic E-state index is 14.1. The zero-order valence-corrected chi connectivity index (χ0v) is 27.0. The Morgan fingerprint density at radius 1 is 0.894 bits per heavy atom. The van der Waals surface area contributed by atoms with Crippen molar-refractivity contribution in [1.29, 1.82) is 0 Å². The van der Waals surface area contributed by atoms with Crippen LogP contribution in [0.3, 0.4) is 0 Å². The molecule has 1 aromatic heterocycles. The van der Waals surface area contributed by atoms with Gasteiger partial charge in [-0.1, -0.05) is 83.3 Å². The average molecular weight is 710 g/mol. The molecule has 5 aromatic rings. The minimum atomic E-state index is -4.44. The van der Waals surface area contributed by atoms with E-state index in [0.29, 0.717) is 16.1 Å². The van der Waals surface area contributed by atoms with E-state index in [9.17, 15) is 28.1 Å². The summed E-state index contributed by atoms with van der Waals surface area (Å²) in [6, 6.07) is 21.1. The van der Waals surface area contributed by atoms with Crippen molar-refractivity contribution in [3.8, 4) is 0 Å². The summed E-state index contributed by atoms with van der Waals surface area (Å²) in [5.74, 6) is -0.396. The summed E-state index contributed by atoms with van der Waals surface area (Å²) in [5.41, 5.74) is -0.268. The van der Waals surface area contributed by atoms with E-state index < -0.39 is 32.1 Å². The quantitative estimate of drug-likeness (QED) is 0.117. The third kappa shape index (κ3) is 5.97. The molecule has 0 spiro atoms. The number of aromatic nitrogens is 2. The summed E-state index contributed by atoms with van der Waals surface area (Å²) < 4.78 is 30.1. The van der Waals surface area contributed by atoms with Crippen molar-refractivity contribution in [3.05, 3.63) is 143 Å². The average Bonchev–Trinajstić information content (AvgIpc) is 3.35. The summed E-state index contributed by atoms with van der Waals surface area (Å²) in [4.78, 5) is 47.2. The molecule has 0 bridgehead atoms. The molecule has 0 saturated carbocycles. The maximum atomic E-state index is 14.1. The monoisotopic (exact) mass is 708 g/mol. The van der Waals surface area contributed by atoms with Gasteiger partial charge in [0.05, 0.1) is 36.5 Å². The maximum Gasteiger partial charge on any atom is 0.297 e. The van der Waals surface area contributed by atoms with Crippen LogP contribution in [0.4, 0.5) is 11.4 Å². The van der Waals surface area contributed by atoms with E-state index in [1.165, 1.54) is 25.1 Å². The van der Waals surface area contributed by atoms with Gasteiger partial charge in [0.25, 0.3) is 27.2 Å². The van der Waals surface area contributed by atoms with Gasteiger partial charge in [-0.3, -0.25) is 24.4 Å². The van der Waals surface area contributed by atoms with Gasteiger partial charge >= 0.3 is 0 Å². The number of nitrogens with zero attached hydrogens (tertiary/aromatic N) is 5. The lowest BCUT2D eigenvalue weighted by Crippen LogP contribution is -2.49. The van der Waals surface area contributed by atoms with Crippen LogP contribution in [-0.2, 0) is 14.8 Å². The number of carbonyl (C=O) groups excluding carboxylic acids is 1. The summed E-state index contributed by atoms with van der Waals surface area (Å²) >= 11 is 18.6. The zero-order chi connectivity index (χ0) is 33.6.